The second-order valence-electron chi connectivity index (χ2n) is 6.08. The van der Waals surface area contributed by atoms with E-state index in [-0.39, 0.29) is 22.9 Å². The van der Waals surface area contributed by atoms with Crippen LogP contribution in [-0.2, 0) is 4.74 Å². The Morgan fingerprint density at radius 2 is 1.90 bits per heavy atom. The molecule has 1 N–H and O–H groups in total. The fraction of sp³-hybridized carbons (Fsp3) is 0.150. The summed E-state index contributed by atoms with van der Waals surface area (Å²) in [4.78, 5) is 33.0. The van der Waals surface area contributed by atoms with Gasteiger partial charge in [0.1, 0.15) is 12.1 Å². The first-order valence-corrected chi connectivity index (χ1v) is 8.77. The van der Waals surface area contributed by atoms with Gasteiger partial charge < -0.3 is 19.7 Å². The topological polar surface area (TPSA) is 120 Å². The number of aromatic nitrogens is 2. The van der Waals surface area contributed by atoms with Gasteiger partial charge in [-0.25, -0.2) is 14.8 Å². The highest BCUT2D eigenvalue weighted by atomic mass is 16.6. The molecule has 0 radical (unpaired) electrons. The zero-order chi connectivity index (χ0) is 21.7. The van der Waals surface area contributed by atoms with Gasteiger partial charge in [0.05, 0.1) is 30.4 Å². The fourth-order valence-corrected chi connectivity index (χ4v) is 2.87. The third-order valence-electron chi connectivity index (χ3n) is 4.31. The molecule has 0 aliphatic heterocycles. The Balaban J connectivity index is 2.07. The second-order valence-corrected chi connectivity index (χ2v) is 6.08. The third-order valence-corrected chi connectivity index (χ3v) is 4.31. The molecule has 10 nitrogen and oxygen atoms in total. The van der Waals surface area contributed by atoms with Crippen LogP contribution in [0.5, 0.6) is 5.75 Å². The molecule has 30 heavy (non-hydrogen) atoms. The minimum Gasteiger partial charge on any atom is -0.497 e. The first-order valence-electron chi connectivity index (χ1n) is 8.77. The Morgan fingerprint density at radius 1 is 1.13 bits per heavy atom. The predicted molar refractivity (Wildman–Crippen MR) is 111 cm³/mol. The monoisotopic (exact) mass is 409 g/mol. The van der Waals surface area contributed by atoms with Crippen LogP contribution in [0.25, 0.3) is 0 Å². The molecule has 0 bridgehead atoms. The molecule has 0 aliphatic rings. The number of para-hydroxylation sites is 1. The average molecular weight is 409 g/mol. The lowest BCUT2D eigenvalue weighted by Gasteiger charge is -2.21. The van der Waals surface area contributed by atoms with Crippen molar-refractivity contribution in [1.29, 1.82) is 0 Å². The molecule has 0 atom stereocenters. The number of hydrogen-bond donors (Lipinski definition) is 1. The molecule has 0 amide bonds. The van der Waals surface area contributed by atoms with Crippen molar-refractivity contribution in [2.75, 3.05) is 31.5 Å². The number of nitro groups is 1. The lowest BCUT2D eigenvalue weighted by molar-refractivity contribution is -0.383. The molecule has 154 valence electrons. The minimum absolute atomic E-state index is 0.000604. The van der Waals surface area contributed by atoms with Gasteiger partial charge in [0, 0.05) is 18.8 Å². The molecule has 0 aliphatic carbocycles. The molecule has 0 fully saturated rings. The van der Waals surface area contributed by atoms with Gasteiger partial charge in [-0.05, 0) is 24.3 Å². The van der Waals surface area contributed by atoms with Crippen LogP contribution in [0.15, 0.2) is 54.9 Å². The number of carbonyl (C=O) groups is 1. The first kappa shape index (κ1) is 20.5. The van der Waals surface area contributed by atoms with Crippen LogP contribution in [0.3, 0.4) is 0 Å². The summed E-state index contributed by atoms with van der Waals surface area (Å²) < 4.78 is 9.99. The maximum atomic E-state index is 12.1. The van der Waals surface area contributed by atoms with Crippen molar-refractivity contribution >= 4 is 34.7 Å². The van der Waals surface area contributed by atoms with E-state index in [1.54, 1.807) is 55.6 Å². The van der Waals surface area contributed by atoms with Gasteiger partial charge in [-0.2, -0.15) is 0 Å². The molecular formula is C20H19N5O5. The first-order chi connectivity index (χ1) is 14.5. The van der Waals surface area contributed by atoms with E-state index >= 15 is 0 Å². The van der Waals surface area contributed by atoms with E-state index in [2.05, 4.69) is 15.3 Å². The van der Waals surface area contributed by atoms with Crippen LogP contribution in [0.4, 0.5) is 28.7 Å². The molecule has 0 spiro atoms. The van der Waals surface area contributed by atoms with Crippen molar-refractivity contribution in [2.45, 2.75) is 0 Å². The van der Waals surface area contributed by atoms with Gasteiger partial charge in [-0.3, -0.25) is 10.1 Å². The summed E-state index contributed by atoms with van der Waals surface area (Å²) in [6, 6.07) is 13.5. The number of anilines is 4. The number of hydrogen-bond acceptors (Lipinski definition) is 9. The lowest BCUT2D eigenvalue weighted by atomic mass is 10.1. The van der Waals surface area contributed by atoms with E-state index in [0.717, 1.165) is 0 Å². The number of esters is 1. The standard InChI is InChI=1S/C20H19N5O5/c1-24(16-10-5-4-9-15(16)20(26)30-3)19-17(25(27)28)18(21-12-22-19)23-13-7-6-8-14(11-13)29-2/h4-12H,1-3H3,(H,21,22,23). The van der Waals surface area contributed by atoms with Gasteiger partial charge in [0.2, 0.25) is 11.6 Å². The molecule has 0 unspecified atom stereocenters. The highest BCUT2D eigenvalue weighted by molar-refractivity contribution is 5.97. The Labute approximate surface area is 172 Å². The highest BCUT2D eigenvalue weighted by Gasteiger charge is 2.28. The number of ether oxygens (including phenoxy) is 2. The summed E-state index contributed by atoms with van der Waals surface area (Å²) in [5.41, 5.74) is 0.860. The van der Waals surface area contributed by atoms with Crippen molar-refractivity contribution in [3.63, 3.8) is 0 Å². The van der Waals surface area contributed by atoms with Gasteiger partial charge in [-0.1, -0.05) is 18.2 Å². The van der Waals surface area contributed by atoms with Crippen molar-refractivity contribution in [3.8, 4) is 5.75 Å². The predicted octanol–water partition coefficient (Wildman–Crippen LogP) is 3.69. The number of nitrogens with one attached hydrogen (secondary N) is 1. The quantitative estimate of drug-likeness (QED) is 0.354. The smallest absolute Gasteiger partial charge is 0.354 e. The summed E-state index contributed by atoms with van der Waals surface area (Å²) in [7, 11) is 4.37. The maximum absolute atomic E-state index is 12.1. The van der Waals surface area contributed by atoms with Gasteiger partial charge in [0.15, 0.2) is 0 Å². The van der Waals surface area contributed by atoms with E-state index in [1.165, 1.54) is 25.4 Å². The molecule has 3 rings (SSSR count). The molecule has 10 heteroatoms. The molecule has 2 aromatic carbocycles. The van der Waals surface area contributed by atoms with Crippen LogP contribution >= 0.6 is 0 Å². The Kier molecular flexibility index (Phi) is 6.06. The van der Waals surface area contributed by atoms with Gasteiger partial charge in [-0.15, -0.1) is 0 Å². The van der Waals surface area contributed by atoms with Crippen molar-refractivity contribution in [1.82, 2.24) is 9.97 Å². The lowest BCUT2D eigenvalue weighted by Crippen LogP contribution is -2.18. The summed E-state index contributed by atoms with van der Waals surface area (Å²) in [5, 5.41) is 14.8. The largest absolute Gasteiger partial charge is 0.497 e. The summed E-state index contributed by atoms with van der Waals surface area (Å²) >= 11 is 0. The molecule has 1 heterocycles. The maximum Gasteiger partial charge on any atom is 0.354 e. The normalized spacial score (nSPS) is 10.2. The fourth-order valence-electron chi connectivity index (χ4n) is 2.87. The number of benzene rings is 2. The van der Waals surface area contributed by atoms with Crippen LogP contribution in [0.2, 0.25) is 0 Å². The molecule has 0 saturated carbocycles. The summed E-state index contributed by atoms with van der Waals surface area (Å²) in [5.74, 6) is 0.0299. The Hall–Kier alpha value is -4.21. The van der Waals surface area contributed by atoms with E-state index in [4.69, 9.17) is 9.47 Å². The molecule has 0 saturated heterocycles. The van der Waals surface area contributed by atoms with Crippen molar-refractivity contribution in [2.24, 2.45) is 0 Å². The molecule has 3 aromatic rings. The van der Waals surface area contributed by atoms with E-state index in [9.17, 15) is 14.9 Å². The van der Waals surface area contributed by atoms with Crippen LogP contribution in [-0.4, -0.2) is 42.1 Å². The summed E-state index contributed by atoms with van der Waals surface area (Å²) in [6.45, 7) is 0. The SMILES string of the molecule is COC(=O)c1ccccc1N(C)c1ncnc(Nc2cccc(OC)c2)c1[N+](=O)[O-]. The summed E-state index contributed by atoms with van der Waals surface area (Å²) in [6.07, 6.45) is 1.21. The van der Waals surface area contributed by atoms with Crippen molar-refractivity contribution < 1.29 is 19.2 Å². The van der Waals surface area contributed by atoms with Gasteiger partial charge in [0.25, 0.3) is 0 Å². The van der Waals surface area contributed by atoms with Crippen LogP contribution in [0.1, 0.15) is 10.4 Å². The average Bonchev–Trinajstić information content (AvgIpc) is 2.77. The Bertz CT molecular complexity index is 1090. The third kappa shape index (κ3) is 4.12. The highest BCUT2D eigenvalue weighted by Crippen LogP contribution is 2.37. The number of rotatable bonds is 7. The van der Waals surface area contributed by atoms with Crippen LogP contribution in [0, 0.1) is 10.1 Å². The number of methoxy groups -OCH3 is 2. The molecular weight excluding hydrogens is 390 g/mol. The number of nitrogens with zero attached hydrogens (tertiary/aromatic N) is 4. The van der Waals surface area contributed by atoms with E-state index in [0.29, 0.717) is 17.1 Å². The van der Waals surface area contributed by atoms with E-state index < -0.39 is 10.9 Å². The second kappa shape index (κ2) is 8.86. The zero-order valence-electron chi connectivity index (χ0n) is 16.5. The molecule has 1 aromatic heterocycles. The van der Waals surface area contributed by atoms with Crippen LogP contribution < -0.4 is 15.0 Å². The van der Waals surface area contributed by atoms with Gasteiger partial charge >= 0.3 is 11.7 Å². The zero-order valence-corrected chi connectivity index (χ0v) is 16.5. The van der Waals surface area contributed by atoms with Crippen molar-refractivity contribution in [3.05, 3.63) is 70.5 Å². The Morgan fingerprint density at radius 3 is 2.60 bits per heavy atom. The number of carbonyl (C=O) groups excluding carboxylic acids is 1. The minimum atomic E-state index is -0.574. The van der Waals surface area contributed by atoms with E-state index in [1.807, 2.05) is 0 Å².